The number of amides is 1. The molecule has 9 heteroatoms. The van der Waals surface area contributed by atoms with Gasteiger partial charge in [0.1, 0.15) is 4.91 Å². The van der Waals surface area contributed by atoms with Gasteiger partial charge >= 0.3 is 0 Å². The fourth-order valence-electron chi connectivity index (χ4n) is 4.01. The molecule has 0 saturated carbocycles. The Morgan fingerprint density at radius 3 is 2.39 bits per heavy atom. The van der Waals surface area contributed by atoms with E-state index in [1.807, 2.05) is 0 Å². The van der Waals surface area contributed by atoms with Crippen LogP contribution in [0.25, 0.3) is 0 Å². The molecule has 1 amide bonds. The lowest BCUT2D eigenvalue weighted by atomic mass is 10.1. The molecular formula is C24H18ClNO6S. The van der Waals surface area contributed by atoms with Gasteiger partial charge in [0.25, 0.3) is 5.91 Å². The number of carbonyl (C=O) groups is 1. The van der Waals surface area contributed by atoms with Crippen LogP contribution in [0.1, 0.15) is 17.2 Å². The molecule has 1 N–H and O–H groups in total. The lowest BCUT2D eigenvalue weighted by Gasteiger charge is -2.27. The minimum absolute atomic E-state index is 0.0109. The number of aliphatic hydroxyl groups excluding tert-OH is 1. The molecule has 0 unspecified atom stereocenters. The first kappa shape index (κ1) is 21.4. The van der Waals surface area contributed by atoms with Crippen LogP contribution in [0.15, 0.2) is 88.4 Å². The Labute approximate surface area is 195 Å². The molecule has 0 aliphatic carbocycles. The van der Waals surface area contributed by atoms with E-state index < -0.39 is 27.5 Å². The molecule has 0 bridgehead atoms. The van der Waals surface area contributed by atoms with Crippen molar-refractivity contribution in [3.63, 3.8) is 0 Å². The van der Waals surface area contributed by atoms with Gasteiger partial charge in [0.2, 0.25) is 16.6 Å². The second-order valence-electron chi connectivity index (χ2n) is 7.60. The van der Waals surface area contributed by atoms with E-state index in [2.05, 4.69) is 0 Å². The molecule has 0 saturated heterocycles. The van der Waals surface area contributed by atoms with Crippen LogP contribution >= 0.6 is 11.6 Å². The zero-order valence-electron chi connectivity index (χ0n) is 17.1. The monoisotopic (exact) mass is 483 g/mol. The van der Waals surface area contributed by atoms with Crippen LogP contribution in [-0.2, 0) is 21.2 Å². The summed E-state index contributed by atoms with van der Waals surface area (Å²) in [4.78, 5) is 14.1. The van der Waals surface area contributed by atoms with Crippen molar-refractivity contribution in [2.75, 3.05) is 6.79 Å². The summed E-state index contributed by atoms with van der Waals surface area (Å²) in [5.74, 6) is -0.438. The molecule has 168 valence electrons. The highest BCUT2D eigenvalue weighted by molar-refractivity contribution is 7.95. The zero-order chi connectivity index (χ0) is 23.2. The number of benzene rings is 3. The second-order valence-corrected chi connectivity index (χ2v) is 9.96. The van der Waals surface area contributed by atoms with Crippen molar-refractivity contribution in [1.29, 1.82) is 0 Å². The number of sulfone groups is 1. The first-order valence-electron chi connectivity index (χ1n) is 10.0. The fraction of sp³-hybridized carbons (Fsp3) is 0.125. The minimum Gasteiger partial charge on any atom is -0.502 e. The molecule has 3 aromatic rings. The van der Waals surface area contributed by atoms with Gasteiger partial charge in [-0.1, -0.05) is 48.0 Å². The van der Waals surface area contributed by atoms with Crippen molar-refractivity contribution in [2.24, 2.45) is 0 Å². The fourth-order valence-corrected chi connectivity index (χ4v) is 5.80. The van der Waals surface area contributed by atoms with Crippen LogP contribution in [0.3, 0.4) is 0 Å². The first-order chi connectivity index (χ1) is 15.9. The summed E-state index contributed by atoms with van der Waals surface area (Å²) in [6.45, 7) is 0.150. The molecule has 2 aliphatic heterocycles. The van der Waals surface area contributed by atoms with Gasteiger partial charge in [-0.2, -0.15) is 0 Å². The molecule has 1 atom stereocenters. The molecule has 0 radical (unpaired) electrons. The maximum atomic E-state index is 13.5. The third kappa shape index (κ3) is 3.71. The Balaban J connectivity index is 1.61. The van der Waals surface area contributed by atoms with Crippen LogP contribution in [0.4, 0.5) is 0 Å². The van der Waals surface area contributed by atoms with Gasteiger partial charge in [0, 0.05) is 11.6 Å². The van der Waals surface area contributed by atoms with Crippen LogP contribution < -0.4 is 9.47 Å². The summed E-state index contributed by atoms with van der Waals surface area (Å²) in [6.07, 6.45) is 0. The summed E-state index contributed by atoms with van der Waals surface area (Å²) < 4.78 is 37.8. The second kappa shape index (κ2) is 8.13. The third-order valence-corrected chi connectivity index (χ3v) is 7.72. The molecule has 3 aromatic carbocycles. The number of carbonyl (C=O) groups excluding carboxylic acids is 1. The summed E-state index contributed by atoms with van der Waals surface area (Å²) >= 11 is 6.03. The van der Waals surface area contributed by atoms with Gasteiger partial charge in [0.05, 0.1) is 10.9 Å². The lowest BCUT2D eigenvalue weighted by molar-refractivity contribution is -0.130. The zero-order valence-corrected chi connectivity index (χ0v) is 18.7. The first-order valence-corrected chi connectivity index (χ1v) is 11.9. The smallest absolute Gasteiger partial charge is 0.290 e. The van der Waals surface area contributed by atoms with Gasteiger partial charge in [-0.3, -0.25) is 4.79 Å². The average molecular weight is 484 g/mol. The predicted molar refractivity (Wildman–Crippen MR) is 121 cm³/mol. The highest BCUT2D eigenvalue weighted by Crippen LogP contribution is 2.44. The van der Waals surface area contributed by atoms with Crippen molar-refractivity contribution >= 4 is 27.3 Å². The van der Waals surface area contributed by atoms with E-state index in [0.717, 1.165) is 0 Å². The maximum Gasteiger partial charge on any atom is 0.290 e. The summed E-state index contributed by atoms with van der Waals surface area (Å²) in [6, 6.07) is 18.4. The highest BCUT2D eigenvalue weighted by atomic mass is 35.5. The van der Waals surface area contributed by atoms with E-state index >= 15 is 0 Å². The van der Waals surface area contributed by atoms with Gasteiger partial charge in [-0.15, -0.1) is 0 Å². The van der Waals surface area contributed by atoms with Gasteiger partial charge in [-0.05, 0) is 47.5 Å². The molecule has 7 nitrogen and oxygen atoms in total. The molecule has 2 heterocycles. The number of ether oxygens (including phenoxy) is 2. The average Bonchev–Trinajstić information content (AvgIpc) is 3.38. The van der Waals surface area contributed by atoms with Crippen molar-refractivity contribution < 1.29 is 27.8 Å². The Bertz CT molecular complexity index is 1370. The quantitative estimate of drug-likeness (QED) is 0.578. The van der Waals surface area contributed by atoms with Crippen LogP contribution in [-0.4, -0.2) is 31.1 Å². The topological polar surface area (TPSA) is 93.1 Å². The van der Waals surface area contributed by atoms with Gasteiger partial charge in [-0.25, -0.2) is 8.42 Å². The number of rotatable bonds is 5. The molecule has 0 spiro atoms. The normalized spacial score (nSPS) is 17.7. The molecule has 0 aromatic heterocycles. The Morgan fingerprint density at radius 2 is 1.67 bits per heavy atom. The van der Waals surface area contributed by atoms with Gasteiger partial charge in [0.15, 0.2) is 17.3 Å². The number of hydrogen-bond donors (Lipinski definition) is 1. The van der Waals surface area contributed by atoms with E-state index in [0.29, 0.717) is 27.6 Å². The van der Waals surface area contributed by atoms with Crippen LogP contribution in [0, 0.1) is 0 Å². The summed E-state index contributed by atoms with van der Waals surface area (Å²) in [5.41, 5.74) is 1.20. The van der Waals surface area contributed by atoms with E-state index in [4.69, 9.17) is 21.1 Å². The molecule has 2 aliphatic rings. The molecular weight excluding hydrogens is 466 g/mol. The SMILES string of the molecule is O=C1C(O)=C(S(=O)(=O)c2ccccc2)[C@@H](c2ccc(Cl)cc2)N1Cc1ccc2c(c1)OCO2. The van der Waals surface area contributed by atoms with E-state index in [1.54, 1.807) is 60.7 Å². The standard InChI is InChI=1S/C24H18ClNO6S/c25-17-9-7-16(8-10-17)21-23(33(29,30)18-4-2-1-3-5-18)22(27)24(28)26(21)13-15-6-11-19-20(12-15)32-14-31-19/h1-12,21,27H,13-14H2/t21-/m1/s1. The minimum atomic E-state index is -4.17. The highest BCUT2D eigenvalue weighted by Gasteiger charge is 2.46. The third-order valence-electron chi connectivity index (χ3n) is 5.58. The molecule has 33 heavy (non-hydrogen) atoms. The Kier molecular flexibility index (Phi) is 5.26. The predicted octanol–water partition coefficient (Wildman–Crippen LogP) is 4.40. The van der Waals surface area contributed by atoms with Crippen molar-refractivity contribution in [2.45, 2.75) is 17.5 Å². The van der Waals surface area contributed by atoms with Crippen molar-refractivity contribution in [3.8, 4) is 11.5 Å². The molecule has 5 rings (SSSR count). The number of aliphatic hydroxyl groups is 1. The lowest BCUT2D eigenvalue weighted by Crippen LogP contribution is -2.30. The van der Waals surface area contributed by atoms with Crippen molar-refractivity contribution in [3.05, 3.63) is 99.6 Å². The summed E-state index contributed by atoms with van der Waals surface area (Å²) in [5, 5.41) is 11.2. The van der Waals surface area contributed by atoms with Crippen molar-refractivity contribution in [1.82, 2.24) is 4.90 Å². The summed E-state index contributed by atoms with van der Waals surface area (Å²) in [7, 11) is -4.17. The number of hydrogen-bond acceptors (Lipinski definition) is 6. The van der Waals surface area contributed by atoms with Crippen LogP contribution in [0.2, 0.25) is 5.02 Å². The van der Waals surface area contributed by atoms with Crippen LogP contribution in [0.5, 0.6) is 11.5 Å². The maximum absolute atomic E-state index is 13.5. The van der Waals surface area contributed by atoms with Gasteiger partial charge < -0.3 is 19.5 Å². The number of fused-ring (bicyclic) bond motifs is 1. The Hall–Kier alpha value is -3.49. The van der Waals surface area contributed by atoms with E-state index in [9.17, 15) is 18.3 Å². The number of halogens is 1. The molecule has 0 fully saturated rings. The Morgan fingerprint density at radius 1 is 0.970 bits per heavy atom. The van der Waals surface area contributed by atoms with E-state index in [1.165, 1.54) is 17.0 Å². The number of nitrogens with zero attached hydrogens (tertiary/aromatic N) is 1. The van der Waals surface area contributed by atoms with E-state index in [-0.39, 0.29) is 23.1 Å². The largest absolute Gasteiger partial charge is 0.502 e.